The second-order valence-electron chi connectivity index (χ2n) is 17.0. The average molecular weight is 1480 g/mol. The van der Waals surface area contributed by atoms with Crippen LogP contribution in [0.4, 0.5) is 69.3 Å². The molecule has 2 heterocycles. The van der Waals surface area contributed by atoms with Crippen LogP contribution < -0.4 is 21.3 Å². The normalized spacial score (nSPS) is 11.9. The summed E-state index contributed by atoms with van der Waals surface area (Å²) >= 11 is 12.5. The average Bonchev–Trinajstić information content (AvgIpc) is 0.795. The van der Waals surface area contributed by atoms with Gasteiger partial charge in [-0.3, -0.25) is 27.3 Å². The first kappa shape index (κ1) is 83.3. The van der Waals surface area contributed by atoms with E-state index in [4.69, 9.17) is 23.2 Å². The maximum Gasteiger partial charge on any atom is 0.296 e. The summed E-state index contributed by atoms with van der Waals surface area (Å²) in [6.07, 6.45) is 0. The molecule has 0 bridgehead atoms. The van der Waals surface area contributed by atoms with Crippen molar-refractivity contribution < 1.29 is 88.0 Å². The van der Waals surface area contributed by atoms with Crippen LogP contribution in [0.3, 0.4) is 0 Å². The Bertz CT molecular complexity index is 4850. The number of nitrogens with zero attached hydrogens (tertiary/aromatic N) is 10. The Balaban J connectivity index is 0.00000368. The number of aromatic hydroxyl groups is 2. The maximum atomic E-state index is 12.6. The Morgan fingerprint density at radius 3 is 0.935 bits per heavy atom. The van der Waals surface area contributed by atoms with Gasteiger partial charge in [-0.25, -0.2) is 0 Å². The molecule has 0 aliphatic carbocycles. The Kier molecular flexibility index (Phi) is 29.6. The largest absolute Gasteiger partial charge is 0.505 e. The fraction of sp³-hybridized carbons (Fsp3) is 0. The fourth-order valence-electron chi connectivity index (χ4n) is 7.78. The molecule has 0 spiro atoms. The summed E-state index contributed by atoms with van der Waals surface area (Å²) in [5.41, 5.74) is -3.70. The molecule has 452 valence electrons. The van der Waals surface area contributed by atoms with E-state index in [1.807, 2.05) is 0 Å². The van der Waals surface area contributed by atoms with Gasteiger partial charge in [0.05, 0.1) is 21.2 Å². The minimum Gasteiger partial charge on any atom is -0.505 e. The van der Waals surface area contributed by atoms with Gasteiger partial charge in [0.2, 0.25) is 34.4 Å². The molecule has 0 saturated heterocycles. The third-order valence-corrected chi connectivity index (χ3v) is 16.8. The molecule has 0 fully saturated rings. The third-order valence-electron chi connectivity index (χ3n) is 11.3. The van der Waals surface area contributed by atoms with Gasteiger partial charge >= 0.3 is 0 Å². The van der Waals surface area contributed by atoms with Gasteiger partial charge in [-0.2, -0.15) is 80.4 Å². The van der Waals surface area contributed by atoms with Crippen LogP contribution in [0.2, 0.25) is 10.6 Å². The molecule has 2 aromatic heterocycles. The number of rotatable bonds is 18. The predicted octanol–water partition coefficient (Wildman–Crippen LogP) is 6.08. The molecule has 34 nitrogen and oxygen atoms in total. The molecule has 7 aromatic carbocycles. The van der Waals surface area contributed by atoms with Crippen molar-refractivity contribution in [3.8, 4) is 11.5 Å². The number of azo groups is 2. The molecule has 92 heavy (non-hydrogen) atoms. The van der Waals surface area contributed by atoms with Crippen molar-refractivity contribution >= 4 is 352 Å². The van der Waals surface area contributed by atoms with Crippen LogP contribution in [-0.2, 0) is 60.7 Å². The number of nitrogens with one attached hydrogen (secondary N) is 4. The van der Waals surface area contributed by atoms with E-state index in [0.717, 1.165) is 36.4 Å². The van der Waals surface area contributed by atoms with Crippen LogP contribution in [0.5, 0.6) is 11.5 Å². The summed E-state index contributed by atoms with van der Waals surface area (Å²) in [7, 11) is -30.9. The van der Waals surface area contributed by atoms with Crippen molar-refractivity contribution in [3.05, 3.63) is 120 Å². The van der Waals surface area contributed by atoms with Gasteiger partial charge in [0.15, 0.2) is 11.5 Å². The van der Waals surface area contributed by atoms with Crippen molar-refractivity contribution in [1.82, 2.24) is 29.9 Å². The Hall–Kier alpha value is -2.88. The monoisotopic (exact) mass is 1470 g/mol. The zero-order chi connectivity index (χ0) is 62.6. The van der Waals surface area contributed by atoms with Gasteiger partial charge in [0.25, 0.3) is 60.7 Å². The molecular formula is C44H30Cl2N14Na6O20S6. The maximum absolute atomic E-state index is 12.6. The number of halogens is 2. The number of benzene rings is 7. The van der Waals surface area contributed by atoms with E-state index >= 15 is 0 Å². The van der Waals surface area contributed by atoms with Gasteiger partial charge in [-0.1, -0.05) is 24.3 Å². The molecule has 0 aliphatic heterocycles. The number of anilines is 8. The molecule has 0 aliphatic rings. The van der Waals surface area contributed by atoms with Gasteiger partial charge in [-0.05, 0) is 119 Å². The molecule has 9 aromatic rings. The van der Waals surface area contributed by atoms with E-state index in [9.17, 15) is 88.0 Å². The summed E-state index contributed by atoms with van der Waals surface area (Å²) in [6, 6.07) is 18.8. The standard InChI is InChI=1S/C44H30Cl2N14O20S6.6Na/c45-39-51-41(55-43(53-39)49-27-17-23(81(63,64)65)13-19-15-31(85(75,76)77)35(37(61)33(19)27)59-57-25-5-1-3-7-29(25)83(69,70)71)47-21-9-11-22(12-10-21)48-42-52-40(46)54-44(56-42)50-28-18-24(82(66,67)68)14-20-16-32(86(78,79)80)36(38(62)34(20)28)60-58-26-6-2-4-8-30(26)84(72,73)74;;;;;;/h1-18,61-62H,(H,63,64,65)(H,66,67,68)(H,69,70,71)(H,72,73,74)(H,75,76,77)(H,78,79,80)(H2,47,49,51,53,55)(H2,48,50,52,54,56);;;;;;. The van der Waals surface area contributed by atoms with Crippen molar-refractivity contribution in [2.24, 2.45) is 20.5 Å². The topological polar surface area (TPSA) is 542 Å². The van der Waals surface area contributed by atoms with E-state index in [1.165, 1.54) is 48.5 Å². The molecule has 9 rings (SSSR count). The quantitative estimate of drug-likeness (QED) is 0.0263. The smallest absolute Gasteiger partial charge is 0.296 e. The molecule has 48 heteroatoms. The summed E-state index contributed by atoms with van der Waals surface area (Å²) in [5, 5.41) is 45.7. The zero-order valence-electron chi connectivity index (χ0n) is 47.5. The number of phenolic OH excluding ortho intramolecular Hbond substituents is 2. The molecule has 0 amide bonds. The first-order valence-electron chi connectivity index (χ1n) is 22.6. The van der Waals surface area contributed by atoms with Crippen LogP contribution in [-0.4, -0.2) is 295 Å². The second-order valence-corrected chi connectivity index (χ2v) is 26.1. The Labute approximate surface area is 662 Å². The first-order valence-corrected chi connectivity index (χ1v) is 32.0. The number of fused-ring (bicyclic) bond motifs is 2. The van der Waals surface area contributed by atoms with Crippen LogP contribution in [0.25, 0.3) is 21.5 Å². The Morgan fingerprint density at radius 1 is 0.348 bits per heavy atom. The van der Waals surface area contributed by atoms with E-state index in [-0.39, 0.29) is 201 Å². The van der Waals surface area contributed by atoms with Crippen LogP contribution >= 0.6 is 23.2 Å². The SMILES string of the molecule is O=S(=O)(O)c1cc(Nc2nc(Cl)nc(Nc3ccc(Nc4nc(Cl)nc(Nc5cc(S(=O)(=O)O)cc6cc(S(=O)(=O)O)c(N=Nc7ccccc7S(=O)(=O)O)c(O)c56)n4)cc3)n2)c2c(O)c(N=Nc3ccccc3S(=O)(=O)O)c(S(=O)(=O)O)cc2c1.[Na].[Na].[Na].[Na].[Na].[Na]. The van der Waals surface area contributed by atoms with Crippen LogP contribution in [0, 0.1) is 0 Å². The fourth-order valence-corrected chi connectivity index (χ4v) is 11.8. The van der Waals surface area contributed by atoms with Crippen molar-refractivity contribution in [2.45, 2.75) is 29.4 Å². The molecular weight excluding hydrogens is 1450 g/mol. The van der Waals surface area contributed by atoms with Crippen LogP contribution in [0.15, 0.2) is 159 Å². The van der Waals surface area contributed by atoms with Crippen molar-refractivity contribution in [2.75, 3.05) is 21.3 Å². The number of hydrogen-bond acceptors (Lipinski definition) is 28. The Morgan fingerprint density at radius 2 is 0.641 bits per heavy atom. The number of aromatic nitrogens is 6. The first-order chi connectivity index (χ1) is 40.0. The van der Waals surface area contributed by atoms with E-state index in [1.54, 1.807) is 0 Å². The number of hydrogen-bond donors (Lipinski definition) is 12. The minimum absolute atomic E-state index is 0. The van der Waals surface area contributed by atoms with Crippen LogP contribution in [0.1, 0.15) is 0 Å². The van der Waals surface area contributed by atoms with Gasteiger partial charge in [0, 0.05) is 199 Å². The minimum atomic E-state index is -5.37. The zero-order valence-corrected chi connectivity index (χ0v) is 66.0. The molecule has 0 saturated carbocycles. The summed E-state index contributed by atoms with van der Waals surface area (Å²) < 4.78 is 208. The number of phenols is 2. The van der Waals surface area contributed by atoms with E-state index in [0.29, 0.717) is 24.3 Å². The van der Waals surface area contributed by atoms with E-state index in [2.05, 4.69) is 71.6 Å². The molecule has 0 unspecified atom stereocenters. The van der Waals surface area contributed by atoms with Gasteiger partial charge in [0.1, 0.15) is 42.3 Å². The third kappa shape index (κ3) is 20.1. The second kappa shape index (κ2) is 32.7. The molecule has 6 radical (unpaired) electrons. The summed E-state index contributed by atoms with van der Waals surface area (Å²) in [6.45, 7) is 0. The molecule has 12 N–H and O–H groups in total. The van der Waals surface area contributed by atoms with Gasteiger partial charge < -0.3 is 31.5 Å². The summed E-state index contributed by atoms with van der Waals surface area (Å²) in [4.78, 5) is 18.5. The summed E-state index contributed by atoms with van der Waals surface area (Å²) in [5.74, 6) is -3.88. The van der Waals surface area contributed by atoms with Crippen molar-refractivity contribution in [3.63, 3.8) is 0 Å². The van der Waals surface area contributed by atoms with E-state index < -0.39 is 180 Å². The molecule has 0 atom stereocenters. The van der Waals surface area contributed by atoms with Crippen molar-refractivity contribution in [1.29, 1.82) is 0 Å². The predicted molar refractivity (Wildman–Crippen MR) is 335 cm³/mol. The van der Waals surface area contributed by atoms with Gasteiger partial charge in [-0.15, -0.1) is 20.5 Å².